The molecule has 6 nitrogen and oxygen atoms in total. The molecule has 0 fully saturated rings. The second-order valence-electron chi connectivity index (χ2n) is 4.23. The largest absolute Gasteiger partial charge is 0.468 e. The van der Waals surface area contributed by atoms with Crippen molar-refractivity contribution in [3.63, 3.8) is 0 Å². The van der Waals surface area contributed by atoms with Crippen molar-refractivity contribution in [2.45, 2.75) is 18.7 Å². The molecule has 1 unspecified atom stereocenters. The number of fused-ring (bicyclic) bond motifs is 1. The second-order valence-corrected chi connectivity index (χ2v) is 6.09. The molecule has 0 saturated heterocycles. The highest BCUT2D eigenvalue weighted by Crippen LogP contribution is 2.15. The van der Waals surface area contributed by atoms with Crippen molar-refractivity contribution in [3.05, 3.63) is 33.2 Å². The Bertz CT molecular complexity index is 680. The molecular weight excluding hydrogens is 298 g/mol. The lowest BCUT2D eigenvalue weighted by Crippen LogP contribution is -2.33. The van der Waals surface area contributed by atoms with E-state index in [4.69, 9.17) is 5.73 Å². The molecule has 2 N–H and O–H groups in total. The van der Waals surface area contributed by atoms with E-state index < -0.39 is 12.0 Å². The number of esters is 1. The van der Waals surface area contributed by atoms with Crippen LogP contribution in [0.4, 0.5) is 0 Å². The Morgan fingerprint density at radius 1 is 1.65 bits per heavy atom. The summed E-state index contributed by atoms with van der Waals surface area (Å²) < 4.78 is 6.13. The lowest BCUT2D eigenvalue weighted by molar-refractivity contribution is -0.141. The number of methoxy groups -OCH3 is 1. The van der Waals surface area contributed by atoms with E-state index in [0.29, 0.717) is 22.2 Å². The summed E-state index contributed by atoms with van der Waals surface area (Å²) in [5.74, 6) is 0.528. The number of thiazole rings is 1. The zero-order valence-corrected chi connectivity index (χ0v) is 12.8. The molecule has 0 aliphatic heterocycles. The molecule has 2 rings (SSSR count). The fourth-order valence-electron chi connectivity index (χ4n) is 1.68. The van der Waals surface area contributed by atoms with E-state index >= 15 is 0 Å². The highest BCUT2D eigenvalue weighted by atomic mass is 32.2. The first-order valence-corrected chi connectivity index (χ1v) is 7.94. The topological polar surface area (TPSA) is 86.7 Å². The number of carbonyl (C=O) groups is 1. The van der Waals surface area contributed by atoms with Gasteiger partial charge in [-0.2, -0.15) is 11.8 Å². The molecule has 2 heterocycles. The van der Waals surface area contributed by atoms with Gasteiger partial charge in [0.25, 0.3) is 5.56 Å². The number of rotatable bonds is 5. The standard InChI is InChI=1S/C12H15N3O3S2/c1-7-4-20-12-14-8(3-10(16)15(7)12)5-19-6-9(13)11(17)18-2/h3-4,9H,5-6,13H2,1-2H3. The SMILES string of the molecule is COC(=O)C(N)CSCc1cc(=O)n2c(C)csc2n1. The van der Waals surface area contributed by atoms with E-state index in [-0.39, 0.29) is 5.56 Å². The number of nitrogens with zero attached hydrogens (tertiary/aromatic N) is 2. The smallest absolute Gasteiger partial charge is 0.323 e. The summed E-state index contributed by atoms with van der Waals surface area (Å²) in [6.45, 7) is 1.87. The Labute approximate surface area is 124 Å². The zero-order chi connectivity index (χ0) is 14.7. The number of ether oxygens (including phenoxy) is 1. The first-order chi connectivity index (χ1) is 9.52. The first kappa shape index (κ1) is 15.0. The van der Waals surface area contributed by atoms with Crippen LogP contribution in [0.1, 0.15) is 11.4 Å². The Morgan fingerprint density at radius 3 is 3.10 bits per heavy atom. The number of thioether (sulfide) groups is 1. The van der Waals surface area contributed by atoms with Gasteiger partial charge in [0, 0.05) is 28.6 Å². The van der Waals surface area contributed by atoms with Gasteiger partial charge in [-0.05, 0) is 6.92 Å². The van der Waals surface area contributed by atoms with Crippen LogP contribution in [0.2, 0.25) is 0 Å². The molecule has 0 bridgehead atoms. The van der Waals surface area contributed by atoms with Crippen molar-refractivity contribution in [2.24, 2.45) is 5.73 Å². The highest BCUT2D eigenvalue weighted by Gasteiger charge is 2.14. The number of hydrogen-bond donors (Lipinski definition) is 1. The van der Waals surface area contributed by atoms with Crippen LogP contribution in [0.15, 0.2) is 16.2 Å². The van der Waals surface area contributed by atoms with Crippen molar-refractivity contribution in [1.82, 2.24) is 9.38 Å². The van der Waals surface area contributed by atoms with Gasteiger partial charge in [-0.3, -0.25) is 14.0 Å². The zero-order valence-electron chi connectivity index (χ0n) is 11.2. The van der Waals surface area contributed by atoms with Crippen molar-refractivity contribution in [2.75, 3.05) is 12.9 Å². The summed E-state index contributed by atoms with van der Waals surface area (Å²) in [7, 11) is 1.31. The van der Waals surface area contributed by atoms with E-state index in [0.717, 1.165) is 5.69 Å². The quantitative estimate of drug-likeness (QED) is 0.822. The van der Waals surface area contributed by atoms with Crippen LogP contribution in [0, 0.1) is 6.92 Å². The van der Waals surface area contributed by atoms with Gasteiger partial charge in [0.2, 0.25) is 0 Å². The molecule has 2 aromatic rings. The number of hydrogen-bond acceptors (Lipinski definition) is 7. The molecular formula is C12H15N3O3S2. The van der Waals surface area contributed by atoms with Crippen molar-refractivity contribution >= 4 is 34.0 Å². The molecule has 8 heteroatoms. The molecule has 2 aromatic heterocycles. The first-order valence-electron chi connectivity index (χ1n) is 5.91. The highest BCUT2D eigenvalue weighted by molar-refractivity contribution is 7.98. The predicted octanol–water partition coefficient (Wildman–Crippen LogP) is 0.798. The van der Waals surface area contributed by atoms with Crippen molar-refractivity contribution < 1.29 is 9.53 Å². The molecule has 108 valence electrons. The Balaban J connectivity index is 2.04. The van der Waals surface area contributed by atoms with Crippen LogP contribution in [-0.2, 0) is 15.3 Å². The second kappa shape index (κ2) is 6.38. The van der Waals surface area contributed by atoms with E-state index in [1.807, 2.05) is 12.3 Å². The fraction of sp³-hybridized carbons (Fsp3) is 0.417. The molecule has 1 atom stereocenters. The van der Waals surface area contributed by atoms with Crippen LogP contribution in [0.25, 0.3) is 4.96 Å². The van der Waals surface area contributed by atoms with E-state index in [2.05, 4.69) is 9.72 Å². The van der Waals surface area contributed by atoms with Crippen LogP contribution in [0.3, 0.4) is 0 Å². The van der Waals surface area contributed by atoms with Crippen LogP contribution in [0.5, 0.6) is 0 Å². The van der Waals surface area contributed by atoms with E-state index in [1.54, 1.807) is 4.40 Å². The summed E-state index contributed by atoms with van der Waals surface area (Å²) in [5, 5.41) is 1.90. The Kier molecular flexibility index (Phi) is 4.79. The molecule has 0 aromatic carbocycles. The summed E-state index contributed by atoms with van der Waals surface area (Å²) in [5.41, 5.74) is 7.13. The number of nitrogens with two attached hydrogens (primary N) is 1. The van der Waals surface area contributed by atoms with Crippen molar-refractivity contribution in [3.8, 4) is 0 Å². The Morgan fingerprint density at radius 2 is 2.40 bits per heavy atom. The molecule has 0 aliphatic carbocycles. The monoisotopic (exact) mass is 313 g/mol. The lowest BCUT2D eigenvalue weighted by atomic mass is 10.4. The molecule has 0 saturated carbocycles. The molecule has 0 spiro atoms. The minimum Gasteiger partial charge on any atom is -0.468 e. The summed E-state index contributed by atoms with van der Waals surface area (Å²) in [4.78, 5) is 28.2. The van der Waals surface area contributed by atoms with E-state index in [9.17, 15) is 9.59 Å². The van der Waals surface area contributed by atoms with Gasteiger partial charge in [0.05, 0.1) is 12.8 Å². The summed E-state index contributed by atoms with van der Waals surface area (Å²) in [6, 6.07) is 0.863. The third-order valence-corrected chi connectivity index (χ3v) is 4.72. The predicted molar refractivity (Wildman–Crippen MR) is 80.2 cm³/mol. The average molecular weight is 313 g/mol. The van der Waals surface area contributed by atoms with Gasteiger partial charge < -0.3 is 10.5 Å². The van der Waals surface area contributed by atoms with Gasteiger partial charge in [-0.1, -0.05) is 0 Å². The van der Waals surface area contributed by atoms with Crippen molar-refractivity contribution in [1.29, 1.82) is 0 Å². The van der Waals surface area contributed by atoms with Gasteiger partial charge in [0.15, 0.2) is 4.96 Å². The van der Waals surface area contributed by atoms with Gasteiger partial charge >= 0.3 is 5.97 Å². The molecule has 0 aliphatic rings. The maximum absolute atomic E-state index is 12.0. The number of carbonyl (C=O) groups excluding carboxylic acids is 1. The maximum Gasteiger partial charge on any atom is 0.323 e. The third kappa shape index (κ3) is 3.20. The molecule has 20 heavy (non-hydrogen) atoms. The average Bonchev–Trinajstić information content (AvgIpc) is 2.79. The van der Waals surface area contributed by atoms with Crippen LogP contribution >= 0.6 is 23.1 Å². The fourth-order valence-corrected chi connectivity index (χ4v) is 3.44. The normalized spacial score (nSPS) is 12.6. The minimum atomic E-state index is -0.654. The molecule has 0 amide bonds. The summed E-state index contributed by atoms with van der Waals surface area (Å²) >= 11 is 2.88. The number of aromatic nitrogens is 2. The van der Waals surface area contributed by atoms with Gasteiger partial charge in [0.1, 0.15) is 6.04 Å². The van der Waals surface area contributed by atoms with Gasteiger partial charge in [-0.25, -0.2) is 4.98 Å². The van der Waals surface area contributed by atoms with Crippen LogP contribution in [-0.4, -0.2) is 34.3 Å². The maximum atomic E-state index is 12.0. The minimum absolute atomic E-state index is 0.0818. The summed E-state index contributed by atoms with van der Waals surface area (Å²) in [6.07, 6.45) is 0. The van der Waals surface area contributed by atoms with Crippen LogP contribution < -0.4 is 11.3 Å². The third-order valence-electron chi connectivity index (χ3n) is 2.68. The van der Waals surface area contributed by atoms with E-state index in [1.165, 1.54) is 36.3 Å². The lowest BCUT2D eigenvalue weighted by Gasteiger charge is -2.08. The molecule has 0 radical (unpaired) electrons. The number of aryl methyl sites for hydroxylation is 1. The van der Waals surface area contributed by atoms with Gasteiger partial charge in [-0.15, -0.1) is 11.3 Å². The Hall–Kier alpha value is -1.38.